The molecule has 1 amide bonds. The molecule has 29 heavy (non-hydrogen) atoms. The zero-order valence-corrected chi connectivity index (χ0v) is 18.0. The van der Waals surface area contributed by atoms with Crippen molar-refractivity contribution >= 4 is 27.6 Å². The molecule has 0 fully saturated rings. The largest absolute Gasteiger partial charge is 0.452 e. The van der Waals surface area contributed by atoms with E-state index in [0.29, 0.717) is 5.69 Å². The Morgan fingerprint density at radius 3 is 2.28 bits per heavy atom. The van der Waals surface area contributed by atoms with Crippen molar-refractivity contribution in [1.82, 2.24) is 5.32 Å². The molecule has 156 valence electrons. The SMILES string of the molecule is Cc1ccc(N(C)S(=O)(=O)c2cccc(C(=O)OCC(=O)NC(C)(C)C)c2)cc1. The van der Waals surface area contributed by atoms with Crippen LogP contribution in [-0.4, -0.2) is 39.5 Å². The molecule has 0 saturated carbocycles. The monoisotopic (exact) mass is 418 g/mol. The predicted molar refractivity (Wildman–Crippen MR) is 111 cm³/mol. The van der Waals surface area contributed by atoms with Gasteiger partial charge in [-0.15, -0.1) is 0 Å². The maximum atomic E-state index is 12.9. The fourth-order valence-electron chi connectivity index (χ4n) is 2.50. The van der Waals surface area contributed by atoms with Gasteiger partial charge in [-0.05, 0) is 58.0 Å². The number of rotatable bonds is 6. The third-order valence-electron chi connectivity index (χ3n) is 3.97. The molecule has 0 aliphatic heterocycles. The van der Waals surface area contributed by atoms with Crippen molar-refractivity contribution in [1.29, 1.82) is 0 Å². The van der Waals surface area contributed by atoms with Crippen LogP contribution < -0.4 is 9.62 Å². The highest BCUT2D eigenvalue weighted by Gasteiger charge is 2.23. The fourth-order valence-corrected chi connectivity index (χ4v) is 3.75. The zero-order valence-electron chi connectivity index (χ0n) is 17.2. The molecule has 0 aliphatic rings. The topological polar surface area (TPSA) is 92.8 Å². The van der Waals surface area contributed by atoms with Gasteiger partial charge < -0.3 is 10.1 Å². The second kappa shape index (κ2) is 8.65. The van der Waals surface area contributed by atoms with Gasteiger partial charge in [0.15, 0.2) is 6.61 Å². The smallest absolute Gasteiger partial charge is 0.338 e. The second-order valence-corrected chi connectivity index (χ2v) is 9.68. The Morgan fingerprint density at radius 1 is 1.07 bits per heavy atom. The first-order valence-corrected chi connectivity index (χ1v) is 10.5. The number of hydrogen-bond acceptors (Lipinski definition) is 5. The van der Waals surface area contributed by atoms with Crippen molar-refractivity contribution in [3.63, 3.8) is 0 Å². The molecule has 1 N–H and O–H groups in total. The van der Waals surface area contributed by atoms with Crippen LogP contribution in [0.3, 0.4) is 0 Å². The molecule has 0 aliphatic carbocycles. The Labute approximate surface area is 171 Å². The van der Waals surface area contributed by atoms with Crippen LogP contribution in [0, 0.1) is 6.92 Å². The van der Waals surface area contributed by atoms with E-state index in [-0.39, 0.29) is 10.5 Å². The van der Waals surface area contributed by atoms with Crippen molar-refractivity contribution in [2.24, 2.45) is 0 Å². The van der Waals surface area contributed by atoms with Crippen LogP contribution in [0.15, 0.2) is 53.4 Å². The minimum atomic E-state index is -3.87. The van der Waals surface area contributed by atoms with E-state index in [1.54, 1.807) is 12.1 Å². The van der Waals surface area contributed by atoms with Crippen molar-refractivity contribution < 1.29 is 22.7 Å². The Kier molecular flexibility index (Phi) is 6.69. The number of carbonyl (C=O) groups excluding carboxylic acids is 2. The van der Waals surface area contributed by atoms with Gasteiger partial charge in [-0.3, -0.25) is 9.10 Å². The van der Waals surface area contributed by atoms with E-state index in [2.05, 4.69) is 5.32 Å². The normalized spacial score (nSPS) is 11.6. The number of nitrogens with zero attached hydrogens (tertiary/aromatic N) is 1. The second-order valence-electron chi connectivity index (χ2n) is 7.71. The average molecular weight is 419 g/mol. The zero-order chi connectivity index (χ0) is 21.8. The predicted octanol–water partition coefficient (Wildman–Crippen LogP) is 2.89. The number of esters is 1. The van der Waals surface area contributed by atoms with E-state index in [1.807, 2.05) is 39.8 Å². The lowest BCUT2D eigenvalue weighted by atomic mass is 10.1. The van der Waals surface area contributed by atoms with Gasteiger partial charge in [-0.2, -0.15) is 0 Å². The number of nitrogens with one attached hydrogen (secondary N) is 1. The van der Waals surface area contributed by atoms with Gasteiger partial charge in [0.2, 0.25) is 0 Å². The lowest BCUT2D eigenvalue weighted by Crippen LogP contribution is -2.42. The standard InChI is InChI=1S/C21H26N2O5S/c1-15-9-11-17(12-10-15)23(5)29(26,27)18-8-6-7-16(13-18)20(25)28-14-19(24)22-21(2,3)4/h6-13H,14H2,1-5H3,(H,22,24). The highest BCUT2D eigenvalue weighted by Crippen LogP contribution is 2.23. The van der Waals surface area contributed by atoms with E-state index < -0.39 is 34.0 Å². The molecule has 0 spiro atoms. The number of hydrogen-bond donors (Lipinski definition) is 1. The van der Waals surface area contributed by atoms with Gasteiger partial charge in [-0.25, -0.2) is 13.2 Å². The van der Waals surface area contributed by atoms with Gasteiger partial charge in [0.25, 0.3) is 15.9 Å². The first-order chi connectivity index (χ1) is 13.4. The summed E-state index contributed by atoms with van der Waals surface area (Å²) < 4.78 is 32.0. The Balaban J connectivity index is 2.16. The van der Waals surface area contributed by atoms with Gasteiger partial charge in [0, 0.05) is 12.6 Å². The summed E-state index contributed by atoms with van der Waals surface area (Å²) in [5.41, 5.74) is 1.12. The number of aryl methyl sites for hydroxylation is 1. The first-order valence-electron chi connectivity index (χ1n) is 9.04. The Hall–Kier alpha value is -2.87. The summed E-state index contributed by atoms with van der Waals surface area (Å²) in [7, 11) is -2.42. The molecule has 0 aromatic heterocycles. The highest BCUT2D eigenvalue weighted by atomic mass is 32.2. The molecule has 0 atom stereocenters. The van der Waals surface area contributed by atoms with Crippen LogP contribution in [0.5, 0.6) is 0 Å². The molecule has 8 heteroatoms. The number of benzene rings is 2. The molecule has 0 bridgehead atoms. The number of carbonyl (C=O) groups is 2. The van der Waals surface area contributed by atoms with Crippen LogP contribution in [-0.2, 0) is 19.6 Å². The van der Waals surface area contributed by atoms with Crippen LogP contribution in [0.2, 0.25) is 0 Å². The van der Waals surface area contributed by atoms with E-state index in [9.17, 15) is 18.0 Å². The van der Waals surface area contributed by atoms with Gasteiger partial charge in [0.1, 0.15) is 0 Å². The van der Waals surface area contributed by atoms with Crippen molar-refractivity contribution in [3.8, 4) is 0 Å². The lowest BCUT2D eigenvalue weighted by Gasteiger charge is -2.20. The molecular formula is C21H26N2O5S. The molecule has 0 radical (unpaired) electrons. The Morgan fingerprint density at radius 2 is 1.69 bits per heavy atom. The van der Waals surface area contributed by atoms with Crippen LogP contribution in [0.1, 0.15) is 36.7 Å². The third-order valence-corrected chi connectivity index (χ3v) is 5.76. The third kappa shape index (κ3) is 6.05. The minimum absolute atomic E-state index is 0.0471. The van der Waals surface area contributed by atoms with Crippen LogP contribution in [0.25, 0.3) is 0 Å². The van der Waals surface area contributed by atoms with E-state index in [1.165, 1.54) is 31.3 Å². The van der Waals surface area contributed by atoms with Gasteiger partial charge in [-0.1, -0.05) is 23.8 Å². The first kappa shape index (κ1) is 22.4. The summed E-state index contributed by atoms with van der Waals surface area (Å²) in [6.45, 7) is 6.90. The Bertz CT molecular complexity index is 992. The quantitative estimate of drug-likeness (QED) is 0.728. The lowest BCUT2D eigenvalue weighted by molar-refractivity contribution is -0.125. The van der Waals surface area contributed by atoms with Crippen LogP contribution >= 0.6 is 0 Å². The number of anilines is 1. The number of ether oxygens (including phenoxy) is 1. The molecule has 2 aromatic rings. The molecule has 2 rings (SSSR count). The maximum Gasteiger partial charge on any atom is 0.338 e. The summed E-state index contributed by atoms with van der Waals surface area (Å²) in [4.78, 5) is 24.0. The van der Waals surface area contributed by atoms with Crippen molar-refractivity contribution in [2.45, 2.75) is 38.1 Å². The molecular weight excluding hydrogens is 392 g/mol. The molecule has 7 nitrogen and oxygen atoms in total. The highest BCUT2D eigenvalue weighted by molar-refractivity contribution is 7.92. The van der Waals surface area contributed by atoms with E-state index in [0.717, 1.165) is 9.87 Å². The summed E-state index contributed by atoms with van der Waals surface area (Å²) in [5, 5.41) is 2.68. The molecule has 0 unspecified atom stereocenters. The summed E-state index contributed by atoms with van der Waals surface area (Å²) in [5.74, 6) is -1.21. The van der Waals surface area contributed by atoms with Crippen molar-refractivity contribution in [2.75, 3.05) is 18.0 Å². The van der Waals surface area contributed by atoms with Crippen LogP contribution in [0.4, 0.5) is 5.69 Å². The minimum Gasteiger partial charge on any atom is -0.452 e. The molecule has 0 saturated heterocycles. The summed E-state index contributed by atoms with van der Waals surface area (Å²) in [6, 6.07) is 12.6. The molecule has 0 heterocycles. The van der Waals surface area contributed by atoms with E-state index in [4.69, 9.17) is 4.74 Å². The number of sulfonamides is 1. The fraction of sp³-hybridized carbons (Fsp3) is 0.333. The average Bonchev–Trinajstić information content (AvgIpc) is 2.65. The van der Waals surface area contributed by atoms with Gasteiger partial charge in [0.05, 0.1) is 16.1 Å². The number of amides is 1. The summed E-state index contributed by atoms with van der Waals surface area (Å²) >= 11 is 0. The summed E-state index contributed by atoms with van der Waals surface area (Å²) in [6.07, 6.45) is 0. The maximum absolute atomic E-state index is 12.9. The van der Waals surface area contributed by atoms with Gasteiger partial charge >= 0.3 is 5.97 Å². The van der Waals surface area contributed by atoms with E-state index >= 15 is 0 Å². The van der Waals surface area contributed by atoms with Crippen molar-refractivity contribution in [3.05, 3.63) is 59.7 Å². The molecule has 2 aromatic carbocycles.